The van der Waals surface area contributed by atoms with Gasteiger partial charge in [0.1, 0.15) is 11.6 Å². The minimum absolute atomic E-state index is 0.0102. The van der Waals surface area contributed by atoms with Crippen LogP contribution in [0.2, 0.25) is 0 Å². The van der Waals surface area contributed by atoms with Crippen molar-refractivity contribution in [3.8, 4) is 22.8 Å². The summed E-state index contributed by atoms with van der Waals surface area (Å²) in [6.45, 7) is 12.7. The van der Waals surface area contributed by atoms with Crippen LogP contribution in [-0.4, -0.2) is 48.1 Å². The molecule has 0 bridgehead atoms. The molecular weight excluding hydrogens is 547 g/mol. The van der Waals surface area contributed by atoms with E-state index in [1.807, 2.05) is 44.2 Å². The number of carbonyl (C=O) groups is 2. The van der Waals surface area contributed by atoms with Crippen molar-refractivity contribution in [1.82, 2.24) is 9.88 Å². The molecule has 2 atom stereocenters. The third-order valence-electron chi connectivity index (χ3n) is 8.37. The van der Waals surface area contributed by atoms with Gasteiger partial charge in [-0.2, -0.15) is 0 Å². The number of nitrogens with zero attached hydrogens (tertiary/aromatic N) is 2. The van der Waals surface area contributed by atoms with Crippen LogP contribution in [0.15, 0.2) is 48.7 Å². The van der Waals surface area contributed by atoms with Crippen molar-refractivity contribution in [2.45, 2.75) is 78.9 Å². The third kappa shape index (κ3) is 7.42. The van der Waals surface area contributed by atoms with E-state index in [2.05, 4.69) is 37.6 Å². The molecule has 0 amide bonds. The smallest absolute Gasteiger partial charge is 0.343 e. The van der Waals surface area contributed by atoms with E-state index in [1.54, 1.807) is 12.1 Å². The number of esters is 2. The van der Waals surface area contributed by atoms with Crippen LogP contribution < -0.4 is 9.47 Å². The van der Waals surface area contributed by atoms with Gasteiger partial charge in [-0.25, -0.2) is 14.2 Å². The van der Waals surface area contributed by atoms with Gasteiger partial charge in [0.15, 0.2) is 0 Å². The van der Waals surface area contributed by atoms with E-state index in [1.165, 1.54) is 14.2 Å². The van der Waals surface area contributed by atoms with Gasteiger partial charge in [-0.1, -0.05) is 25.1 Å². The lowest BCUT2D eigenvalue weighted by molar-refractivity contribution is -0.145. The highest BCUT2D eigenvalue weighted by atomic mass is 19.1. The second kappa shape index (κ2) is 13.7. The fraction of sp³-hybridized carbons (Fsp3) is 0.457. The van der Waals surface area contributed by atoms with Crippen LogP contribution in [0.5, 0.6) is 11.6 Å². The molecule has 0 spiro atoms. The van der Waals surface area contributed by atoms with E-state index in [9.17, 15) is 9.59 Å². The van der Waals surface area contributed by atoms with Crippen LogP contribution in [0.3, 0.4) is 0 Å². The van der Waals surface area contributed by atoms with Crippen LogP contribution in [0.1, 0.15) is 80.4 Å². The van der Waals surface area contributed by atoms with Crippen molar-refractivity contribution < 1.29 is 28.2 Å². The molecule has 43 heavy (non-hydrogen) atoms. The summed E-state index contributed by atoms with van der Waals surface area (Å²) in [7, 11) is 2.90. The maximum Gasteiger partial charge on any atom is 0.343 e. The number of halogens is 1. The number of methoxy groups -OCH3 is 2. The van der Waals surface area contributed by atoms with Crippen molar-refractivity contribution in [3.63, 3.8) is 0 Å². The van der Waals surface area contributed by atoms with Crippen molar-refractivity contribution in [2.75, 3.05) is 14.2 Å². The number of carbonyl (C=O) groups excluding carboxylic acids is 2. The van der Waals surface area contributed by atoms with Crippen LogP contribution in [0.25, 0.3) is 11.1 Å². The predicted molar refractivity (Wildman–Crippen MR) is 165 cm³/mol. The van der Waals surface area contributed by atoms with Gasteiger partial charge in [0.2, 0.25) is 5.88 Å². The summed E-state index contributed by atoms with van der Waals surface area (Å²) >= 11 is 0. The van der Waals surface area contributed by atoms with Crippen LogP contribution >= 0.6 is 0 Å². The third-order valence-corrected chi connectivity index (χ3v) is 8.37. The zero-order valence-corrected chi connectivity index (χ0v) is 26.4. The van der Waals surface area contributed by atoms with Gasteiger partial charge in [0, 0.05) is 30.3 Å². The second-order valence-corrected chi connectivity index (χ2v) is 12.0. The van der Waals surface area contributed by atoms with Gasteiger partial charge in [-0.05, 0) is 99.7 Å². The maximum absolute atomic E-state index is 15.1. The molecule has 4 rings (SSSR count). The first-order valence-corrected chi connectivity index (χ1v) is 14.9. The molecule has 8 heteroatoms. The first-order valence-electron chi connectivity index (χ1n) is 14.9. The van der Waals surface area contributed by atoms with Gasteiger partial charge in [-0.3, -0.25) is 9.69 Å². The molecule has 1 saturated carbocycles. The molecule has 0 radical (unpaired) electrons. The molecule has 0 saturated heterocycles. The number of rotatable bonds is 12. The summed E-state index contributed by atoms with van der Waals surface area (Å²) in [4.78, 5) is 32.3. The Bertz CT molecular complexity index is 1460. The number of aryl methyl sites for hydroxylation is 1. The number of hydrogen-bond acceptors (Lipinski definition) is 7. The Balaban J connectivity index is 1.71. The van der Waals surface area contributed by atoms with Crippen LogP contribution in [0, 0.1) is 24.6 Å². The highest BCUT2D eigenvalue weighted by molar-refractivity contribution is 5.94. The zero-order chi connectivity index (χ0) is 31.4. The molecule has 1 aromatic heterocycles. The Morgan fingerprint density at radius 2 is 1.70 bits per heavy atom. The number of ether oxygens (including phenoxy) is 3. The lowest BCUT2D eigenvalue weighted by Crippen LogP contribution is -2.36. The van der Waals surface area contributed by atoms with E-state index >= 15 is 4.39 Å². The molecule has 230 valence electrons. The maximum atomic E-state index is 15.1. The lowest BCUT2D eigenvalue weighted by Gasteiger charge is -2.31. The van der Waals surface area contributed by atoms with Crippen molar-refractivity contribution >= 4 is 11.9 Å². The molecule has 1 aliphatic carbocycles. The molecule has 1 heterocycles. The summed E-state index contributed by atoms with van der Waals surface area (Å²) in [6, 6.07) is 13.1. The number of benzene rings is 2. The molecule has 0 aliphatic heterocycles. The topological polar surface area (TPSA) is 78.0 Å². The van der Waals surface area contributed by atoms with Gasteiger partial charge in [-0.15, -0.1) is 0 Å². The average Bonchev–Trinajstić information content (AvgIpc) is 3.81. The summed E-state index contributed by atoms with van der Waals surface area (Å²) < 4.78 is 31.4. The average molecular weight is 591 g/mol. The minimum atomic E-state index is -0.500. The Hall–Kier alpha value is -3.78. The van der Waals surface area contributed by atoms with E-state index < -0.39 is 11.8 Å². The Labute approximate surface area is 254 Å². The molecule has 1 fully saturated rings. The van der Waals surface area contributed by atoms with Crippen molar-refractivity contribution in [3.05, 3.63) is 76.7 Å². The summed E-state index contributed by atoms with van der Waals surface area (Å²) in [5, 5.41) is 0. The van der Waals surface area contributed by atoms with Gasteiger partial charge in [0.25, 0.3) is 0 Å². The van der Waals surface area contributed by atoms with Crippen molar-refractivity contribution in [2.24, 2.45) is 11.8 Å². The molecular formula is C35H43FN2O5. The van der Waals surface area contributed by atoms with Gasteiger partial charge in [0.05, 0.1) is 31.9 Å². The molecule has 0 unspecified atom stereocenters. The number of pyridine rings is 1. The molecule has 1 aliphatic rings. The van der Waals surface area contributed by atoms with Crippen LogP contribution in [-0.2, 0) is 16.1 Å². The van der Waals surface area contributed by atoms with E-state index in [0.29, 0.717) is 46.3 Å². The molecule has 0 N–H and O–H groups in total. The first kappa shape index (κ1) is 32.1. The highest BCUT2D eigenvalue weighted by Gasteiger charge is 2.39. The standard InChI is InChI=1S/C35H43FN2O5/c1-20(2)38(21(3)4)19-26-16-28(22(5)14-29(26)30-17-32(41-7)37-18-31(30)36)35(40)43-27-11-9-10-25(15-27)33(24-12-13-24)23(6)34(39)42-8/h9-11,14-18,20-21,23-24,33H,12-13,19H2,1-8H3/t23-,33-/m0/s1. The van der Waals surface area contributed by atoms with E-state index in [0.717, 1.165) is 30.2 Å². The molecule has 2 aromatic carbocycles. The number of hydrogen-bond donors (Lipinski definition) is 0. The molecule has 7 nitrogen and oxygen atoms in total. The highest BCUT2D eigenvalue weighted by Crippen LogP contribution is 2.47. The predicted octanol–water partition coefficient (Wildman–Crippen LogP) is 7.35. The summed E-state index contributed by atoms with van der Waals surface area (Å²) in [6.07, 6.45) is 3.26. The Morgan fingerprint density at radius 1 is 1.00 bits per heavy atom. The van der Waals surface area contributed by atoms with E-state index in [-0.39, 0.29) is 29.9 Å². The summed E-state index contributed by atoms with van der Waals surface area (Å²) in [5.74, 6) is -0.426. The Kier molecular flexibility index (Phi) is 10.2. The van der Waals surface area contributed by atoms with Gasteiger partial charge >= 0.3 is 11.9 Å². The van der Waals surface area contributed by atoms with E-state index in [4.69, 9.17) is 14.2 Å². The zero-order valence-electron chi connectivity index (χ0n) is 26.4. The normalized spacial score (nSPS) is 14.6. The first-order chi connectivity index (χ1) is 20.4. The number of aromatic nitrogens is 1. The monoisotopic (exact) mass is 590 g/mol. The fourth-order valence-corrected chi connectivity index (χ4v) is 5.95. The Morgan fingerprint density at radius 3 is 2.30 bits per heavy atom. The second-order valence-electron chi connectivity index (χ2n) is 12.0. The lowest BCUT2D eigenvalue weighted by atomic mass is 9.83. The van der Waals surface area contributed by atoms with Crippen molar-refractivity contribution in [1.29, 1.82) is 0 Å². The fourth-order valence-electron chi connectivity index (χ4n) is 5.95. The van der Waals surface area contributed by atoms with Crippen LogP contribution in [0.4, 0.5) is 4.39 Å². The molecule has 3 aromatic rings. The SMILES string of the molecule is COC(=O)[C@@H](C)[C@H](c1cccc(OC(=O)c2cc(CN(C(C)C)C(C)C)c(-c3cc(OC)ncc3F)cc2C)c1)C1CC1. The minimum Gasteiger partial charge on any atom is -0.481 e. The van der Waals surface area contributed by atoms with Gasteiger partial charge < -0.3 is 14.2 Å². The summed E-state index contributed by atoms with van der Waals surface area (Å²) in [5.41, 5.74) is 3.83. The quantitative estimate of drug-likeness (QED) is 0.161. The largest absolute Gasteiger partial charge is 0.481 e.